The minimum atomic E-state index is -0.574. The third-order valence-corrected chi connectivity index (χ3v) is 2.12. The molecule has 0 saturated heterocycles. The van der Waals surface area contributed by atoms with Crippen molar-refractivity contribution >= 4 is 11.6 Å². The molecule has 1 aromatic carbocycles. The molecule has 0 aromatic heterocycles. The van der Waals surface area contributed by atoms with Gasteiger partial charge in [-0.25, -0.2) is 0 Å². The van der Waals surface area contributed by atoms with Crippen molar-refractivity contribution < 1.29 is 14.5 Å². The molecule has 1 N–H and O–H groups in total. The van der Waals surface area contributed by atoms with Gasteiger partial charge in [-0.2, -0.15) is 0 Å². The summed E-state index contributed by atoms with van der Waals surface area (Å²) in [6, 6.07) is 4.10. The molecule has 6 heteroatoms. The number of nitro groups is 1. The van der Waals surface area contributed by atoms with Crippen LogP contribution in [0.25, 0.3) is 0 Å². The summed E-state index contributed by atoms with van der Waals surface area (Å²) in [5, 5.41) is 13.4. The van der Waals surface area contributed by atoms with Crippen molar-refractivity contribution in [2.24, 2.45) is 0 Å². The van der Waals surface area contributed by atoms with Crippen molar-refractivity contribution in [3.05, 3.63) is 46.5 Å². The van der Waals surface area contributed by atoms with Crippen LogP contribution in [0.1, 0.15) is 17.3 Å². The van der Waals surface area contributed by atoms with Crippen LogP contribution >= 0.6 is 0 Å². The minimum absolute atomic E-state index is 0.155. The number of nitrogens with zero attached hydrogens (tertiary/aromatic N) is 1. The normalized spacial score (nSPS) is 9.61. The van der Waals surface area contributed by atoms with Gasteiger partial charge >= 0.3 is 5.69 Å². The van der Waals surface area contributed by atoms with Crippen LogP contribution < -0.4 is 10.1 Å². The van der Waals surface area contributed by atoms with E-state index in [4.69, 9.17) is 4.74 Å². The van der Waals surface area contributed by atoms with Gasteiger partial charge in [0.15, 0.2) is 5.75 Å². The fraction of sp³-hybridized carbons (Fsp3) is 0.250. The van der Waals surface area contributed by atoms with E-state index < -0.39 is 4.92 Å². The molecule has 0 aliphatic rings. The molecule has 0 saturated carbocycles. The molecule has 0 aliphatic carbocycles. The molecule has 0 spiro atoms. The third kappa shape index (κ3) is 3.31. The average Bonchev–Trinajstić information content (AvgIpc) is 2.36. The van der Waals surface area contributed by atoms with E-state index in [0.29, 0.717) is 13.2 Å². The van der Waals surface area contributed by atoms with Crippen molar-refractivity contribution in [1.29, 1.82) is 0 Å². The van der Waals surface area contributed by atoms with E-state index >= 15 is 0 Å². The maximum Gasteiger partial charge on any atom is 0.311 e. The highest BCUT2D eigenvalue weighted by molar-refractivity contribution is 5.95. The van der Waals surface area contributed by atoms with Gasteiger partial charge in [0.2, 0.25) is 0 Å². The summed E-state index contributed by atoms with van der Waals surface area (Å²) >= 11 is 0. The lowest BCUT2D eigenvalue weighted by atomic mass is 10.1. The molecule has 0 fully saturated rings. The first-order valence-electron chi connectivity index (χ1n) is 5.40. The Bertz CT molecular complexity index is 471. The second kappa shape index (κ2) is 6.39. The van der Waals surface area contributed by atoms with E-state index in [9.17, 15) is 14.9 Å². The molecule has 0 radical (unpaired) electrons. The van der Waals surface area contributed by atoms with Gasteiger partial charge in [-0.15, -0.1) is 6.58 Å². The zero-order chi connectivity index (χ0) is 13.5. The van der Waals surface area contributed by atoms with Gasteiger partial charge in [-0.05, 0) is 19.1 Å². The number of ether oxygens (including phenoxy) is 1. The number of nitro benzene ring substituents is 1. The number of hydrogen-bond acceptors (Lipinski definition) is 4. The molecule has 0 aliphatic heterocycles. The van der Waals surface area contributed by atoms with E-state index in [2.05, 4.69) is 11.9 Å². The Balaban J connectivity index is 3.02. The quantitative estimate of drug-likeness (QED) is 0.475. The van der Waals surface area contributed by atoms with Crippen LogP contribution in [0.5, 0.6) is 5.75 Å². The fourth-order valence-corrected chi connectivity index (χ4v) is 1.35. The van der Waals surface area contributed by atoms with Crippen molar-refractivity contribution in [1.82, 2.24) is 5.32 Å². The zero-order valence-corrected chi connectivity index (χ0v) is 10.0. The number of rotatable bonds is 6. The Labute approximate surface area is 104 Å². The second-order valence-corrected chi connectivity index (χ2v) is 3.37. The van der Waals surface area contributed by atoms with Crippen LogP contribution in [0.3, 0.4) is 0 Å². The zero-order valence-electron chi connectivity index (χ0n) is 10.0. The summed E-state index contributed by atoms with van der Waals surface area (Å²) in [6.45, 7) is 5.83. The number of benzene rings is 1. The van der Waals surface area contributed by atoms with Crippen molar-refractivity contribution in [3.63, 3.8) is 0 Å². The average molecular weight is 250 g/mol. The molecular weight excluding hydrogens is 236 g/mol. The Morgan fingerprint density at radius 2 is 2.33 bits per heavy atom. The number of hydrogen-bond donors (Lipinski definition) is 1. The number of carbonyl (C=O) groups is 1. The Morgan fingerprint density at radius 1 is 1.61 bits per heavy atom. The topological polar surface area (TPSA) is 81.5 Å². The molecule has 0 unspecified atom stereocenters. The summed E-state index contributed by atoms with van der Waals surface area (Å²) < 4.78 is 5.12. The first kappa shape index (κ1) is 13.7. The molecular formula is C12H14N2O4. The van der Waals surface area contributed by atoms with Crippen LogP contribution in [-0.4, -0.2) is 24.0 Å². The number of amides is 1. The summed E-state index contributed by atoms with van der Waals surface area (Å²) in [5.41, 5.74) is -0.00453. The van der Waals surface area contributed by atoms with E-state index in [1.54, 1.807) is 6.92 Å². The summed E-state index contributed by atoms with van der Waals surface area (Å²) in [4.78, 5) is 21.9. The molecule has 6 nitrogen and oxygen atoms in total. The molecule has 1 aromatic rings. The van der Waals surface area contributed by atoms with Gasteiger partial charge in [0.25, 0.3) is 5.91 Å². The van der Waals surface area contributed by atoms with Crippen LogP contribution in [0.2, 0.25) is 0 Å². The SMILES string of the molecule is C=CCNC(=O)c1ccc(OCC)c([N+](=O)[O-])c1. The lowest BCUT2D eigenvalue weighted by Crippen LogP contribution is -2.23. The van der Waals surface area contributed by atoms with E-state index in [-0.39, 0.29) is 22.9 Å². The highest BCUT2D eigenvalue weighted by Gasteiger charge is 2.18. The maximum atomic E-state index is 11.6. The third-order valence-electron chi connectivity index (χ3n) is 2.12. The monoisotopic (exact) mass is 250 g/mol. The van der Waals surface area contributed by atoms with Gasteiger partial charge in [0.05, 0.1) is 11.5 Å². The molecule has 1 rings (SSSR count). The summed E-state index contributed by atoms with van der Waals surface area (Å²) in [6.07, 6.45) is 1.53. The fourth-order valence-electron chi connectivity index (χ4n) is 1.35. The number of carbonyl (C=O) groups excluding carboxylic acids is 1. The molecule has 96 valence electrons. The largest absolute Gasteiger partial charge is 0.487 e. The van der Waals surface area contributed by atoms with Crippen LogP contribution in [0.4, 0.5) is 5.69 Å². The van der Waals surface area contributed by atoms with E-state index in [1.165, 1.54) is 24.3 Å². The Hall–Kier alpha value is -2.37. The molecule has 18 heavy (non-hydrogen) atoms. The van der Waals surface area contributed by atoms with Crippen LogP contribution in [0, 0.1) is 10.1 Å². The Morgan fingerprint density at radius 3 is 2.89 bits per heavy atom. The highest BCUT2D eigenvalue weighted by atomic mass is 16.6. The van der Waals surface area contributed by atoms with Gasteiger partial charge < -0.3 is 10.1 Å². The second-order valence-electron chi connectivity index (χ2n) is 3.37. The lowest BCUT2D eigenvalue weighted by molar-refractivity contribution is -0.385. The first-order valence-corrected chi connectivity index (χ1v) is 5.40. The molecule has 0 atom stereocenters. The first-order chi connectivity index (χ1) is 8.60. The number of nitrogens with one attached hydrogen (secondary N) is 1. The summed E-state index contributed by atoms with van der Waals surface area (Å²) in [5.74, 6) is -0.233. The van der Waals surface area contributed by atoms with Crippen molar-refractivity contribution in [3.8, 4) is 5.75 Å². The predicted octanol–water partition coefficient (Wildman–Crippen LogP) is 1.91. The summed E-state index contributed by atoms with van der Waals surface area (Å²) in [7, 11) is 0. The minimum Gasteiger partial charge on any atom is -0.487 e. The van der Waals surface area contributed by atoms with Gasteiger partial charge in [0, 0.05) is 18.2 Å². The standard InChI is InChI=1S/C12H14N2O4/c1-3-7-13-12(15)9-5-6-11(18-4-2)10(8-9)14(16)17/h3,5-6,8H,1,4,7H2,2H3,(H,13,15). The highest BCUT2D eigenvalue weighted by Crippen LogP contribution is 2.27. The lowest BCUT2D eigenvalue weighted by Gasteiger charge is -2.06. The molecule has 0 bridgehead atoms. The van der Waals surface area contributed by atoms with Crippen molar-refractivity contribution in [2.75, 3.05) is 13.2 Å². The van der Waals surface area contributed by atoms with Gasteiger partial charge in [-0.3, -0.25) is 14.9 Å². The Kier molecular flexibility index (Phi) is 4.86. The van der Waals surface area contributed by atoms with Gasteiger partial charge in [-0.1, -0.05) is 6.08 Å². The van der Waals surface area contributed by atoms with E-state index in [0.717, 1.165) is 0 Å². The van der Waals surface area contributed by atoms with E-state index in [1.807, 2.05) is 0 Å². The smallest absolute Gasteiger partial charge is 0.311 e. The van der Waals surface area contributed by atoms with Crippen LogP contribution in [0.15, 0.2) is 30.9 Å². The maximum absolute atomic E-state index is 11.6. The molecule has 1 amide bonds. The van der Waals surface area contributed by atoms with Gasteiger partial charge in [0.1, 0.15) is 0 Å². The van der Waals surface area contributed by atoms with Crippen LogP contribution in [-0.2, 0) is 0 Å². The molecule has 0 heterocycles. The predicted molar refractivity (Wildman–Crippen MR) is 66.8 cm³/mol. The van der Waals surface area contributed by atoms with Crippen molar-refractivity contribution in [2.45, 2.75) is 6.92 Å².